The number of halogens is 2. The molecule has 0 radical (unpaired) electrons. The van der Waals surface area contributed by atoms with Crippen molar-refractivity contribution in [1.29, 1.82) is 0 Å². The summed E-state index contributed by atoms with van der Waals surface area (Å²) in [6.45, 7) is 14.0. The van der Waals surface area contributed by atoms with Crippen molar-refractivity contribution in [1.82, 2.24) is 0 Å². The van der Waals surface area contributed by atoms with Gasteiger partial charge in [0, 0.05) is 0 Å². The molecule has 0 nitrogen and oxygen atoms in total. The van der Waals surface area contributed by atoms with Gasteiger partial charge in [0.25, 0.3) is 0 Å². The SMILES string of the molecule is CC1=C(C)[C](C)([Zr+2][C]2(C)C=CC(C)=C2C)C=C1.[Cl-].[Cl-]. The molecule has 19 heavy (non-hydrogen) atoms. The maximum absolute atomic E-state index is 2.46. The fourth-order valence-corrected chi connectivity index (χ4v) is 8.08. The van der Waals surface area contributed by atoms with E-state index in [9.17, 15) is 0 Å². The van der Waals surface area contributed by atoms with Gasteiger partial charge < -0.3 is 24.8 Å². The first-order valence-corrected chi connectivity index (χ1v) is 8.78. The van der Waals surface area contributed by atoms with Gasteiger partial charge in [0.15, 0.2) is 0 Å². The molecule has 2 aliphatic carbocycles. The largest absolute Gasteiger partial charge is 1.00 e. The van der Waals surface area contributed by atoms with Crippen LogP contribution in [0, 0.1) is 0 Å². The Morgan fingerprint density at radius 3 is 1.26 bits per heavy atom. The van der Waals surface area contributed by atoms with E-state index in [1.165, 1.54) is 11.1 Å². The first-order chi connectivity index (χ1) is 7.78. The molecule has 0 aromatic heterocycles. The third-order valence-corrected chi connectivity index (χ3v) is 9.81. The van der Waals surface area contributed by atoms with Gasteiger partial charge in [-0.3, -0.25) is 0 Å². The van der Waals surface area contributed by atoms with E-state index in [-0.39, 0.29) is 24.8 Å². The van der Waals surface area contributed by atoms with Crippen LogP contribution >= 0.6 is 0 Å². The second kappa shape index (κ2) is 6.46. The van der Waals surface area contributed by atoms with E-state index >= 15 is 0 Å². The van der Waals surface area contributed by atoms with E-state index < -0.39 is 23.2 Å². The molecular weight excluding hydrogens is 354 g/mol. The van der Waals surface area contributed by atoms with Crippen molar-refractivity contribution in [3.8, 4) is 0 Å². The van der Waals surface area contributed by atoms with E-state index in [2.05, 4.69) is 65.8 Å². The summed E-state index contributed by atoms with van der Waals surface area (Å²) in [5, 5.41) is 0. The molecule has 0 bridgehead atoms. The van der Waals surface area contributed by atoms with Crippen molar-refractivity contribution < 1.29 is 48.0 Å². The van der Waals surface area contributed by atoms with E-state index in [1.807, 2.05) is 0 Å². The zero-order valence-electron chi connectivity index (χ0n) is 12.6. The maximum Gasteiger partial charge on any atom is -1.00 e. The van der Waals surface area contributed by atoms with Gasteiger partial charge in [-0.1, -0.05) is 0 Å². The van der Waals surface area contributed by atoms with E-state index in [1.54, 1.807) is 11.1 Å². The Bertz CT molecular complexity index is 441. The molecule has 0 fully saturated rings. The van der Waals surface area contributed by atoms with Crippen LogP contribution in [-0.4, -0.2) is 0 Å². The summed E-state index contributed by atoms with van der Waals surface area (Å²) >= 11 is -0.603. The van der Waals surface area contributed by atoms with Crippen molar-refractivity contribution in [2.24, 2.45) is 0 Å². The predicted octanol–water partition coefficient (Wildman–Crippen LogP) is -0.753. The molecule has 104 valence electrons. The van der Waals surface area contributed by atoms with Crippen LogP contribution in [0.3, 0.4) is 0 Å². The Kier molecular flexibility index (Phi) is 6.60. The molecule has 0 aromatic carbocycles. The zero-order chi connectivity index (χ0) is 12.8. The summed E-state index contributed by atoms with van der Waals surface area (Å²) in [7, 11) is 0. The molecule has 0 aromatic rings. The van der Waals surface area contributed by atoms with Crippen molar-refractivity contribution in [3.63, 3.8) is 0 Å². The molecule has 0 heterocycles. The minimum Gasteiger partial charge on any atom is -1.00 e. The summed E-state index contributed by atoms with van der Waals surface area (Å²) in [5.41, 5.74) is 6.18. The van der Waals surface area contributed by atoms with Crippen LogP contribution in [0.15, 0.2) is 46.6 Å². The van der Waals surface area contributed by atoms with Gasteiger partial charge in [0.05, 0.1) is 0 Å². The van der Waals surface area contributed by atoms with Crippen molar-refractivity contribution in [2.75, 3.05) is 0 Å². The number of hydrogen-bond donors (Lipinski definition) is 0. The Labute approximate surface area is 141 Å². The van der Waals surface area contributed by atoms with E-state index in [0.29, 0.717) is 6.25 Å². The number of hydrogen-bond acceptors (Lipinski definition) is 0. The molecule has 2 rings (SSSR count). The first-order valence-electron chi connectivity index (χ1n) is 6.32. The van der Waals surface area contributed by atoms with Crippen LogP contribution in [0.1, 0.15) is 41.5 Å². The smallest absolute Gasteiger partial charge is 1.00 e. The fraction of sp³-hybridized carbons (Fsp3) is 0.500. The molecule has 0 saturated carbocycles. The maximum atomic E-state index is 2.46. The molecule has 3 heteroatoms. The predicted molar refractivity (Wildman–Crippen MR) is 71.8 cm³/mol. The second-order valence-electron chi connectivity index (χ2n) is 5.81. The average Bonchev–Trinajstić information content (AvgIpc) is 2.66. The monoisotopic (exact) mass is 374 g/mol. The zero-order valence-corrected chi connectivity index (χ0v) is 16.5. The Balaban J connectivity index is 0.00000162. The molecule has 0 saturated heterocycles. The second-order valence-corrected chi connectivity index (χ2v) is 11.5. The summed E-state index contributed by atoms with van der Waals surface area (Å²) in [6.07, 6.45) is 9.57. The summed E-state index contributed by atoms with van der Waals surface area (Å²) in [6, 6.07) is 0. The van der Waals surface area contributed by atoms with Crippen LogP contribution < -0.4 is 24.8 Å². The van der Waals surface area contributed by atoms with Gasteiger partial charge in [-0.2, -0.15) is 0 Å². The van der Waals surface area contributed by atoms with Crippen molar-refractivity contribution >= 4 is 0 Å². The summed E-state index contributed by atoms with van der Waals surface area (Å²) in [5.74, 6) is 0. The van der Waals surface area contributed by atoms with Crippen LogP contribution in [0.25, 0.3) is 0 Å². The van der Waals surface area contributed by atoms with Crippen molar-refractivity contribution in [3.05, 3.63) is 46.6 Å². The van der Waals surface area contributed by atoms with Gasteiger partial charge in [-0.25, -0.2) is 0 Å². The summed E-state index contributed by atoms with van der Waals surface area (Å²) < 4.78 is 0.802. The quantitative estimate of drug-likeness (QED) is 0.595. The molecule has 0 amide bonds. The Morgan fingerprint density at radius 2 is 1.05 bits per heavy atom. The van der Waals surface area contributed by atoms with Gasteiger partial charge >= 0.3 is 118 Å². The minimum atomic E-state index is -0.603. The standard InChI is InChI=1S/2C8H11.2ClH.Zr/c2*1-6-4-5-7(2)8(6)3;;;/h2*4-5H,1-3H3;2*1H;/q;;;;+2/p-2. The molecule has 0 N–H and O–H groups in total. The normalized spacial score (nSPS) is 32.3. The van der Waals surface area contributed by atoms with Crippen molar-refractivity contribution in [2.45, 2.75) is 47.8 Å². The molecular formula is C16H22Cl2Zr. The average molecular weight is 376 g/mol. The van der Waals surface area contributed by atoms with Crippen LogP contribution in [0.2, 0.25) is 6.25 Å². The van der Waals surface area contributed by atoms with Crippen LogP contribution in [-0.2, 0) is 23.2 Å². The molecule has 0 spiro atoms. The number of allylic oxidation sites excluding steroid dienone is 8. The van der Waals surface area contributed by atoms with Gasteiger partial charge in [-0.05, 0) is 0 Å². The molecule has 2 atom stereocenters. The molecule has 2 aliphatic rings. The van der Waals surface area contributed by atoms with Crippen LogP contribution in [0.5, 0.6) is 0 Å². The van der Waals surface area contributed by atoms with Gasteiger partial charge in [0.2, 0.25) is 0 Å². The number of rotatable bonds is 2. The Morgan fingerprint density at radius 1 is 0.737 bits per heavy atom. The summed E-state index contributed by atoms with van der Waals surface area (Å²) in [4.78, 5) is 0. The van der Waals surface area contributed by atoms with Crippen LogP contribution in [0.4, 0.5) is 0 Å². The third-order valence-electron chi connectivity index (χ3n) is 4.59. The molecule has 2 unspecified atom stereocenters. The Hall–Kier alpha value is 0.423. The van der Waals surface area contributed by atoms with E-state index in [0.717, 1.165) is 0 Å². The third kappa shape index (κ3) is 3.37. The first kappa shape index (κ1) is 19.4. The van der Waals surface area contributed by atoms with E-state index in [4.69, 9.17) is 0 Å². The van der Waals surface area contributed by atoms with Gasteiger partial charge in [0.1, 0.15) is 0 Å². The molecule has 0 aliphatic heterocycles. The van der Waals surface area contributed by atoms with Gasteiger partial charge in [-0.15, -0.1) is 0 Å². The topological polar surface area (TPSA) is 0 Å². The minimum absolute atomic E-state index is 0. The fourth-order valence-electron chi connectivity index (χ4n) is 2.71.